The van der Waals surface area contributed by atoms with Crippen LogP contribution in [0.5, 0.6) is 0 Å². The lowest BCUT2D eigenvalue weighted by Gasteiger charge is -2.21. The average Bonchev–Trinajstić information content (AvgIpc) is 2.82. The second-order valence-corrected chi connectivity index (χ2v) is 4.73. The summed E-state index contributed by atoms with van der Waals surface area (Å²) in [7, 11) is 0. The summed E-state index contributed by atoms with van der Waals surface area (Å²) in [5.74, 6) is -1.09. The Morgan fingerprint density at radius 2 is 2.10 bits per heavy atom. The van der Waals surface area contributed by atoms with Gasteiger partial charge < -0.3 is 20.4 Å². The van der Waals surface area contributed by atoms with Crippen LogP contribution in [0, 0.1) is 0 Å². The Morgan fingerprint density at radius 3 is 2.75 bits per heavy atom. The second-order valence-electron chi connectivity index (χ2n) is 4.73. The second kappa shape index (κ2) is 6.33. The Kier molecular flexibility index (Phi) is 4.52. The Morgan fingerprint density at radius 1 is 1.40 bits per heavy atom. The maximum absolute atomic E-state index is 11.9. The molecule has 2 heterocycles. The molecule has 0 saturated carbocycles. The van der Waals surface area contributed by atoms with Crippen molar-refractivity contribution in [2.24, 2.45) is 0 Å². The van der Waals surface area contributed by atoms with Gasteiger partial charge in [0.05, 0.1) is 6.10 Å². The number of aliphatic hydroxyl groups excluding tert-OH is 1. The van der Waals surface area contributed by atoms with Gasteiger partial charge in [0, 0.05) is 31.9 Å². The molecule has 2 amide bonds. The minimum atomic E-state index is -1.09. The maximum Gasteiger partial charge on any atom is 0.326 e. The van der Waals surface area contributed by atoms with Crippen LogP contribution >= 0.6 is 0 Å². The van der Waals surface area contributed by atoms with Crippen LogP contribution in [0.25, 0.3) is 0 Å². The molecule has 20 heavy (non-hydrogen) atoms. The van der Waals surface area contributed by atoms with Crippen LogP contribution in [0.1, 0.15) is 12.0 Å². The first-order valence-electron chi connectivity index (χ1n) is 6.42. The van der Waals surface area contributed by atoms with Crippen molar-refractivity contribution in [3.63, 3.8) is 0 Å². The van der Waals surface area contributed by atoms with Gasteiger partial charge in [-0.05, 0) is 24.1 Å². The van der Waals surface area contributed by atoms with E-state index in [9.17, 15) is 14.7 Å². The number of amides is 2. The van der Waals surface area contributed by atoms with Gasteiger partial charge in [-0.3, -0.25) is 4.98 Å². The van der Waals surface area contributed by atoms with E-state index in [-0.39, 0.29) is 13.0 Å². The highest BCUT2D eigenvalue weighted by atomic mass is 16.4. The lowest BCUT2D eigenvalue weighted by molar-refractivity contribution is -0.141. The van der Waals surface area contributed by atoms with E-state index in [4.69, 9.17) is 5.11 Å². The number of hydrogen-bond acceptors (Lipinski definition) is 4. The zero-order valence-electron chi connectivity index (χ0n) is 10.9. The smallest absolute Gasteiger partial charge is 0.326 e. The van der Waals surface area contributed by atoms with E-state index in [1.807, 2.05) is 12.1 Å². The minimum absolute atomic E-state index is 0.0536. The van der Waals surface area contributed by atoms with Crippen LogP contribution < -0.4 is 5.32 Å². The van der Waals surface area contributed by atoms with Gasteiger partial charge in [0.25, 0.3) is 0 Å². The molecule has 1 aromatic rings. The molecule has 108 valence electrons. The van der Waals surface area contributed by atoms with Crippen LogP contribution in [0.4, 0.5) is 4.79 Å². The fraction of sp³-hybridized carbons (Fsp3) is 0.462. The molecular formula is C13H17N3O4. The number of rotatable bonds is 4. The molecule has 1 unspecified atom stereocenters. The number of aromatic nitrogens is 1. The van der Waals surface area contributed by atoms with E-state index < -0.39 is 24.1 Å². The molecule has 7 nitrogen and oxygen atoms in total. The summed E-state index contributed by atoms with van der Waals surface area (Å²) in [6.45, 7) is 0.458. The summed E-state index contributed by atoms with van der Waals surface area (Å²) in [6, 6.07) is 2.30. The minimum Gasteiger partial charge on any atom is -0.480 e. The number of β-amino-alcohol motifs (C(OH)–C–C–N with tert-alkyl or cyclic N) is 1. The summed E-state index contributed by atoms with van der Waals surface area (Å²) in [5.41, 5.74) is 1.04. The summed E-state index contributed by atoms with van der Waals surface area (Å²) >= 11 is 0. The number of urea groups is 1. The molecule has 0 bridgehead atoms. The normalized spacial score (nSPS) is 21.8. The number of carbonyl (C=O) groups is 2. The molecule has 1 fully saturated rings. The van der Waals surface area contributed by atoms with E-state index in [0.29, 0.717) is 13.0 Å². The topological polar surface area (TPSA) is 103 Å². The van der Waals surface area contributed by atoms with E-state index in [0.717, 1.165) is 5.56 Å². The number of carbonyl (C=O) groups excluding carboxylic acids is 1. The summed E-state index contributed by atoms with van der Waals surface area (Å²) in [4.78, 5) is 28.0. The number of carboxylic acid groups (broad SMARTS) is 1. The van der Waals surface area contributed by atoms with Gasteiger partial charge in [0.15, 0.2) is 0 Å². The van der Waals surface area contributed by atoms with E-state index in [2.05, 4.69) is 10.3 Å². The van der Waals surface area contributed by atoms with Gasteiger partial charge in [0.1, 0.15) is 6.04 Å². The standard InChI is InChI=1S/C13H17N3O4/c17-10-7-11(12(18)19)16(8-10)13(20)15-6-3-9-1-4-14-5-2-9/h1-2,4-5,10-11,17H,3,6-8H2,(H,15,20)(H,18,19)/t10?,11-/m0/s1. The largest absolute Gasteiger partial charge is 0.480 e. The highest BCUT2D eigenvalue weighted by Crippen LogP contribution is 2.18. The zero-order valence-corrected chi connectivity index (χ0v) is 10.9. The summed E-state index contributed by atoms with van der Waals surface area (Å²) in [6.07, 6.45) is 3.29. The first-order valence-corrected chi connectivity index (χ1v) is 6.42. The first-order chi connectivity index (χ1) is 9.58. The number of aliphatic carboxylic acids is 1. The van der Waals surface area contributed by atoms with Crippen LogP contribution in [-0.2, 0) is 11.2 Å². The number of pyridine rings is 1. The number of nitrogens with zero attached hydrogens (tertiary/aromatic N) is 2. The van der Waals surface area contributed by atoms with Gasteiger partial charge in [-0.2, -0.15) is 0 Å². The van der Waals surface area contributed by atoms with Crippen LogP contribution in [0.3, 0.4) is 0 Å². The maximum atomic E-state index is 11.9. The van der Waals surface area contributed by atoms with Crippen molar-refractivity contribution in [1.29, 1.82) is 0 Å². The van der Waals surface area contributed by atoms with Crippen LogP contribution in [0.15, 0.2) is 24.5 Å². The number of hydrogen-bond donors (Lipinski definition) is 3. The molecular weight excluding hydrogens is 262 g/mol. The summed E-state index contributed by atoms with van der Waals surface area (Å²) in [5, 5.41) is 21.2. The predicted octanol–water partition coefficient (Wildman–Crippen LogP) is -0.146. The monoisotopic (exact) mass is 279 g/mol. The van der Waals surface area contributed by atoms with Crippen LogP contribution in [-0.4, -0.2) is 57.3 Å². The van der Waals surface area contributed by atoms with Gasteiger partial charge >= 0.3 is 12.0 Å². The highest BCUT2D eigenvalue weighted by Gasteiger charge is 2.38. The Balaban J connectivity index is 1.84. The number of likely N-dealkylation sites (tertiary alicyclic amines) is 1. The van der Waals surface area contributed by atoms with E-state index in [1.165, 1.54) is 4.90 Å². The van der Waals surface area contributed by atoms with Crippen molar-refractivity contribution >= 4 is 12.0 Å². The predicted molar refractivity (Wildman–Crippen MR) is 70.1 cm³/mol. The SMILES string of the molecule is O=C(O)[C@@H]1CC(O)CN1C(=O)NCCc1ccncc1. The molecule has 0 aromatic carbocycles. The zero-order chi connectivity index (χ0) is 14.5. The molecule has 1 aromatic heterocycles. The van der Waals surface area contributed by atoms with Crippen molar-refractivity contribution in [3.8, 4) is 0 Å². The molecule has 2 atom stereocenters. The Hall–Kier alpha value is -2.15. The number of nitrogens with one attached hydrogen (secondary N) is 1. The number of carboxylic acids is 1. The quantitative estimate of drug-likeness (QED) is 0.711. The first kappa shape index (κ1) is 14.3. The van der Waals surface area contributed by atoms with Crippen molar-refractivity contribution in [3.05, 3.63) is 30.1 Å². The lowest BCUT2D eigenvalue weighted by Crippen LogP contribution is -2.46. The van der Waals surface area contributed by atoms with E-state index in [1.54, 1.807) is 12.4 Å². The third-order valence-electron chi connectivity index (χ3n) is 3.26. The molecule has 3 N–H and O–H groups in total. The third kappa shape index (κ3) is 3.45. The third-order valence-corrected chi connectivity index (χ3v) is 3.26. The number of aliphatic hydroxyl groups is 1. The molecule has 1 aliphatic heterocycles. The lowest BCUT2D eigenvalue weighted by atomic mass is 10.2. The van der Waals surface area contributed by atoms with Gasteiger partial charge in [-0.15, -0.1) is 0 Å². The summed E-state index contributed by atoms with van der Waals surface area (Å²) < 4.78 is 0. The van der Waals surface area contributed by atoms with Gasteiger partial charge in [0.2, 0.25) is 0 Å². The van der Waals surface area contributed by atoms with E-state index >= 15 is 0 Å². The molecule has 0 aliphatic carbocycles. The van der Waals surface area contributed by atoms with Crippen LogP contribution in [0.2, 0.25) is 0 Å². The molecule has 1 aliphatic rings. The van der Waals surface area contributed by atoms with Crippen molar-refractivity contribution < 1.29 is 19.8 Å². The molecule has 1 saturated heterocycles. The Labute approximate surface area is 116 Å². The fourth-order valence-corrected chi connectivity index (χ4v) is 2.24. The molecule has 2 rings (SSSR count). The Bertz CT molecular complexity index is 480. The average molecular weight is 279 g/mol. The van der Waals surface area contributed by atoms with Gasteiger partial charge in [-0.25, -0.2) is 9.59 Å². The van der Waals surface area contributed by atoms with Crippen molar-refractivity contribution in [1.82, 2.24) is 15.2 Å². The molecule has 0 radical (unpaired) electrons. The highest BCUT2D eigenvalue weighted by molar-refractivity contribution is 5.83. The molecule has 0 spiro atoms. The molecule has 7 heteroatoms. The van der Waals surface area contributed by atoms with Crippen molar-refractivity contribution in [2.45, 2.75) is 25.0 Å². The van der Waals surface area contributed by atoms with Gasteiger partial charge in [-0.1, -0.05) is 0 Å². The van der Waals surface area contributed by atoms with Crippen molar-refractivity contribution in [2.75, 3.05) is 13.1 Å². The fourth-order valence-electron chi connectivity index (χ4n) is 2.24.